The van der Waals surface area contributed by atoms with Crippen molar-refractivity contribution in [3.8, 4) is 17.6 Å². The smallest absolute Gasteiger partial charge is 0.261 e. The Morgan fingerprint density at radius 2 is 1.77 bits per heavy atom. The van der Waals surface area contributed by atoms with Crippen molar-refractivity contribution in [2.75, 3.05) is 13.2 Å². The second-order valence-corrected chi connectivity index (χ2v) is 9.38. The Morgan fingerprint density at radius 3 is 2.43 bits per heavy atom. The summed E-state index contributed by atoms with van der Waals surface area (Å²) in [7, 11) is -4.02. The number of unbranched alkanes of at least 4 members (excludes halogenated alkanes) is 1. The van der Waals surface area contributed by atoms with Crippen LogP contribution >= 0.6 is 0 Å². The molecule has 0 spiro atoms. The van der Waals surface area contributed by atoms with Crippen molar-refractivity contribution in [3.63, 3.8) is 0 Å². The van der Waals surface area contributed by atoms with Crippen molar-refractivity contribution in [1.82, 2.24) is 15.5 Å². The van der Waals surface area contributed by atoms with Crippen molar-refractivity contribution in [1.29, 1.82) is 0 Å². The molecular weight excluding hydrogens is 470 g/mol. The van der Waals surface area contributed by atoms with Gasteiger partial charge in [-0.3, -0.25) is 14.8 Å². The standard InChI is InChI=1S/C25H31N3O6S/c1-2-3-19-34-21-13-15-22(16-14-21)35(32,33)28-23(25(30)27-31)11-7-8-18-26-24(29)17-12-20-9-5-4-6-10-20/h4-6,9-10,13-16,23,28,31H,7-8,11-12,17-19H2,1H3,(H,26,29)(H,27,30)/t23-/m1/s1. The zero-order valence-electron chi connectivity index (χ0n) is 19.6. The lowest BCUT2D eigenvalue weighted by Gasteiger charge is -2.17. The van der Waals surface area contributed by atoms with E-state index in [0.29, 0.717) is 38.0 Å². The topological polar surface area (TPSA) is 134 Å². The van der Waals surface area contributed by atoms with Crippen molar-refractivity contribution in [2.45, 2.75) is 50.0 Å². The number of carbonyl (C=O) groups excluding carboxylic acids is 2. The fourth-order valence-electron chi connectivity index (χ4n) is 3.18. The van der Waals surface area contributed by atoms with E-state index in [-0.39, 0.29) is 23.8 Å². The maximum Gasteiger partial charge on any atom is 0.261 e. The highest BCUT2D eigenvalue weighted by Crippen LogP contribution is 2.17. The molecular formula is C25H31N3O6S. The molecule has 188 valence electrons. The summed E-state index contributed by atoms with van der Waals surface area (Å²) in [5.41, 5.74) is 2.58. The Morgan fingerprint density at radius 1 is 1.06 bits per heavy atom. The third kappa shape index (κ3) is 10.2. The largest absolute Gasteiger partial charge is 0.481 e. The van der Waals surface area contributed by atoms with E-state index in [9.17, 15) is 18.0 Å². The van der Waals surface area contributed by atoms with Gasteiger partial charge in [-0.05, 0) is 62.4 Å². The number of aryl methyl sites for hydroxylation is 1. The lowest BCUT2D eigenvalue weighted by molar-refractivity contribution is -0.131. The molecule has 2 aromatic carbocycles. The van der Waals surface area contributed by atoms with Crippen molar-refractivity contribution >= 4 is 21.8 Å². The number of rotatable bonds is 14. The van der Waals surface area contributed by atoms with E-state index in [2.05, 4.69) is 21.9 Å². The highest BCUT2D eigenvalue weighted by atomic mass is 32.2. The number of hydrogen-bond donors (Lipinski definition) is 4. The first-order valence-corrected chi connectivity index (χ1v) is 12.7. The van der Waals surface area contributed by atoms with Gasteiger partial charge >= 0.3 is 0 Å². The summed E-state index contributed by atoms with van der Waals surface area (Å²) >= 11 is 0. The van der Waals surface area contributed by atoms with Crippen LogP contribution in [-0.4, -0.2) is 44.6 Å². The molecule has 35 heavy (non-hydrogen) atoms. The van der Waals surface area contributed by atoms with E-state index in [1.165, 1.54) is 29.7 Å². The molecule has 0 radical (unpaired) electrons. The highest BCUT2D eigenvalue weighted by Gasteiger charge is 2.25. The lowest BCUT2D eigenvalue weighted by Crippen LogP contribution is -2.45. The second-order valence-electron chi connectivity index (χ2n) is 7.67. The average molecular weight is 502 g/mol. The Hall–Kier alpha value is -3.39. The van der Waals surface area contributed by atoms with Crippen molar-refractivity contribution < 1.29 is 28.0 Å². The molecule has 2 amide bonds. The SMILES string of the molecule is CC#CCOc1ccc(S(=O)(=O)N[C@H](CCCCNC(=O)CCc2ccccc2)C(=O)NO)cc1. The number of carbonyl (C=O) groups is 2. The summed E-state index contributed by atoms with van der Waals surface area (Å²) in [5.74, 6) is 4.96. The number of amides is 2. The molecule has 0 aliphatic rings. The number of benzene rings is 2. The first-order chi connectivity index (χ1) is 16.9. The fourth-order valence-corrected chi connectivity index (χ4v) is 4.41. The van der Waals surface area contributed by atoms with Crippen LogP contribution in [0.15, 0.2) is 59.5 Å². The van der Waals surface area contributed by atoms with Crippen LogP contribution in [0.1, 0.15) is 38.2 Å². The van der Waals surface area contributed by atoms with Gasteiger partial charge in [-0.2, -0.15) is 4.72 Å². The number of sulfonamides is 1. The molecule has 0 aliphatic heterocycles. The predicted molar refractivity (Wildman–Crippen MR) is 131 cm³/mol. The van der Waals surface area contributed by atoms with Gasteiger partial charge in [-0.15, -0.1) is 5.92 Å². The monoisotopic (exact) mass is 501 g/mol. The molecule has 0 fully saturated rings. The zero-order chi connectivity index (χ0) is 25.5. The summed E-state index contributed by atoms with van der Waals surface area (Å²) < 4.78 is 33.1. The van der Waals surface area contributed by atoms with E-state index in [4.69, 9.17) is 9.94 Å². The Labute approximate surface area is 206 Å². The molecule has 0 saturated heterocycles. The van der Waals surface area contributed by atoms with Crippen LogP contribution in [0.2, 0.25) is 0 Å². The van der Waals surface area contributed by atoms with Gasteiger partial charge in [-0.25, -0.2) is 13.9 Å². The Kier molecular flexibility index (Phi) is 11.8. The van der Waals surface area contributed by atoms with E-state index in [0.717, 1.165) is 5.56 Å². The van der Waals surface area contributed by atoms with Gasteiger partial charge < -0.3 is 10.1 Å². The van der Waals surface area contributed by atoms with Crippen LogP contribution in [0, 0.1) is 11.8 Å². The number of hydrogen-bond acceptors (Lipinski definition) is 6. The summed E-state index contributed by atoms with van der Waals surface area (Å²) in [6.45, 7) is 2.28. The number of ether oxygens (including phenoxy) is 1. The molecule has 0 unspecified atom stereocenters. The molecule has 2 aromatic rings. The van der Waals surface area contributed by atoms with Gasteiger partial charge in [0.15, 0.2) is 0 Å². The van der Waals surface area contributed by atoms with Gasteiger partial charge in [0.1, 0.15) is 18.4 Å². The van der Waals surface area contributed by atoms with Crippen LogP contribution in [0.3, 0.4) is 0 Å². The normalized spacial score (nSPS) is 11.6. The van der Waals surface area contributed by atoms with Gasteiger partial charge in [0.05, 0.1) is 4.90 Å². The van der Waals surface area contributed by atoms with Crippen LogP contribution in [-0.2, 0) is 26.0 Å². The molecule has 10 heteroatoms. The Bertz CT molecular complexity index is 1110. The van der Waals surface area contributed by atoms with Crippen LogP contribution in [0.5, 0.6) is 5.75 Å². The summed E-state index contributed by atoms with van der Waals surface area (Å²) in [6.07, 6.45) is 2.15. The maximum atomic E-state index is 12.7. The van der Waals surface area contributed by atoms with Gasteiger partial charge in [0.25, 0.3) is 5.91 Å². The zero-order valence-corrected chi connectivity index (χ0v) is 20.4. The molecule has 4 N–H and O–H groups in total. The summed E-state index contributed by atoms with van der Waals surface area (Å²) in [4.78, 5) is 24.0. The lowest BCUT2D eigenvalue weighted by atomic mass is 10.1. The molecule has 0 saturated carbocycles. The summed E-state index contributed by atoms with van der Waals surface area (Å²) in [6, 6.07) is 14.2. The highest BCUT2D eigenvalue weighted by molar-refractivity contribution is 7.89. The van der Waals surface area contributed by atoms with E-state index < -0.39 is 22.0 Å². The van der Waals surface area contributed by atoms with Gasteiger partial charge in [0.2, 0.25) is 15.9 Å². The minimum Gasteiger partial charge on any atom is -0.481 e. The number of nitrogens with one attached hydrogen (secondary N) is 3. The molecule has 9 nitrogen and oxygen atoms in total. The molecule has 0 heterocycles. The predicted octanol–water partition coefficient (Wildman–Crippen LogP) is 2.16. The Balaban J connectivity index is 1.80. The van der Waals surface area contributed by atoms with Crippen molar-refractivity contribution in [2.24, 2.45) is 0 Å². The molecule has 2 rings (SSSR count). The van der Waals surface area contributed by atoms with E-state index >= 15 is 0 Å². The molecule has 0 bridgehead atoms. The van der Waals surface area contributed by atoms with E-state index in [1.54, 1.807) is 6.92 Å². The molecule has 1 atom stereocenters. The number of hydroxylamine groups is 1. The maximum absolute atomic E-state index is 12.7. The third-order valence-corrected chi connectivity index (χ3v) is 6.56. The quantitative estimate of drug-likeness (QED) is 0.136. The van der Waals surface area contributed by atoms with Gasteiger partial charge in [0, 0.05) is 13.0 Å². The first kappa shape index (κ1) is 27.9. The third-order valence-electron chi connectivity index (χ3n) is 5.07. The second kappa shape index (κ2) is 14.8. The van der Waals surface area contributed by atoms with Gasteiger partial charge in [-0.1, -0.05) is 36.3 Å². The van der Waals surface area contributed by atoms with Crippen LogP contribution in [0.4, 0.5) is 0 Å². The average Bonchev–Trinajstić information content (AvgIpc) is 2.87. The first-order valence-electron chi connectivity index (χ1n) is 11.2. The van der Waals surface area contributed by atoms with Crippen LogP contribution in [0.25, 0.3) is 0 Å². The van der Waals surface area contributed by atoms with Crippen LogP contribution < -0.4 is 20.3 Å². The van der Waals surface area contributed by atoms with Crippen molar-refractivity contribution in [3.05, 3.63) is 60.2 Å². The summed E-state index contributed by atoms with van der Waals surface area (Å²) in [5, 5.41) is 11.8. The molecule has 0 aromatic heterocycles. The fraction of sp³-hybridized carbons (Fsp3) is 0.360. The molecule has 0 aliphatic carbocycles. The van der Waals surface area contributed by atoms with E-state index in [1.807, 2.05) is 30.3 Å². The minimum atomic E-state index is -4.02. The minimum absolute atomic E-state index is 0.0483.